The van der Waals surface area contributed by atoms with Gasteiger partial charge in [0.2, 0.25) is 11.5 Å². The smallest absolute Gasteiger partial charge is 0.254 e. The van der Waals surface area contributed by atoms with Crippen molar-refractivity contribution < 1.29 is 19.0 Å². The van der Waals surface area contributed by atoms with Gasteiger partial charge in [-0.1, -0.05) is 24.3 Å². The summed E-state index contributed by atoms with van der Waals surface area (Å²) in [6, 6.07) is 15.6. The van der Waals surface area contributed by atoms with E-state index in [9.17, 15) is 4.79 Å². The van der Waals surface area contributed by atoms with E-state index in [1.165, 1.54) is 32.1 Å². The molecule has 0 saturated carbocycles. The highest BCUT2D eigenvalue weighted by Gasteiger charge is 2.38. The van der Waals surface area contributed by atoms with Gasteiger partial charge < -0.3 is 24.4 Å². The van der Waals surface area contributed by atoms with E-state index in [2.05, 4.69) is 28.4 Å². The lowest BCUT2D eigenvalue weighted by Crippen LogP contribution is -2.47. The first kappa shape index (κ1) is 27.5. The van der Waals surface area contributed by atoms with E-state index < -0.39 is 5.79 Å². The molecule has 7 rings (SSSR count). The van der Waals surface area contributed by atoms with Gasteiger partial charge in [-0.05, 0) is 74.6 Å². The third-order valence-electron chi connectivity index (χ3n) is 9.51. The number of hydrogen-bond acceptors (Lipinski definition) is 7. The summed E-state index contributed by atoms with van der Waals surface area (Å²) in [5.41, 5.74) is 1.42. The second kappa shape index (κ2) is 11.0. The number of aromatic nitrogens is 1. The molecule has 5 heterocycles. The molecule has 2 bridgehead atoms. The highest BCUT2D eigenvalue weighted by atomic mass is 16.7. The van der Waals surface area contributed by atoms with Gasteiger partial charge in [-0.2, -0.15) is 0 Å². The molecule has 4 aliphatic rings. The Morgan fingerprint density at radius 2 is 1.88 bits per heavy atom. The van der Waals surface area contributed by atoms with Gasteiger partial charge >= 0.3 is 0 Å². The number of rotatable bonds is 8. The third-order valence-corrected chi connectivity index (χ3v) is 9.51. The molecule has 0 aliphatic carbocycles. The Balaban J connectivity index is 1.16. The van der Waals surface area contributed by atoms with Gasteiger partial charge in [0, 0.05) is 62.2 Å². The van der Waals surface area contributed by atoms with Crippen LogP contribution in [-0.4, -0.2) is 71.3 Å². The van der Waals surface area contributed by atoms with E-state index in [0.29, 0.717) is 54.0 Å². The maximum atomic E-state index is 14.3. The maximum absolute atomic E-state index is 14.3. The lowest BCUT2D eigenvalue weighted by Gasteiger charge is -2.36. The fourth-order valence-electron chi connectivity index (χ4n) is 7.63. The van der Waals surface area contributed by atoms with Gasteiger partial charge in [0.25, 0.3) is 5.91 Å². The fourth-order valence-corrected chi connectivity index (χ4v) is 7.63. The molecule has 4 aliphatic heterocycles. The van der Waals surface area contributed by atoms with Crippen molar-refractivity contribution in [2.75, 3.05) is 26.7 Å². The second-order valence-corrected chi connectivity index (χ2v) is 13.1. The molecule has 0 unspecified atom stereocenters. The molecule has 1 aromatic heterocycles. The van der Waals surface area contributed by atoms with Gasteiger partial charge in [0.05, 0.1) is 19.3 Å². The van der Waals surface area contributed by atoms with Crippen LogP contribution in [0.2, 0.25) is 0 Å². The molecule has 0 radical (unpaired) electrons. The van der Waals surface area contributed by atoms with E-state index >= 15 is 0 Å². The molecule has 8 heteroatoms. The van der Waals surface area contributed by atoms with Crippen molar-refractivity contribution in [1.29, 1.82) is 0 Å². The van der Waals surface area contributed by atoms with Crippen molar-refractivity contribution in [2.45, 2.75) is 82.8 Å². The largest absolute Gasteiger partial charge is 0.493 e. The highest BCUT2D eigenvalue weighted by Crippen LogP contribution is 2.47. The average molecular weight is 571 g/mol. The van der Waals surface area contributed by atoms with Crippen LogP contribution in [0.4, 0.5) is 0 Å². The quantitative estimate of drug-likeness (QED) is 0.389. The Bertz CT molecular complexity index is 1460. The van der Waals surface area contributed by atoms with Crippen LogP contribution in [0.25, 0.3) is 10.8 Å². The molecule has 3 saturated heterocycles. The number of carbonyl (C=O) groups excluding carboxylic acids is 1. The first-order valence-electron chi connectivity index (χ1n) is 15.6. The summed E-state index contributed by atoms with van der Waals surface area (Å²) in [5.74, 6) is 1.45. The molecule has 1 N–H and O–H groups in total. The molecule has 1 amide bonds. The standard InChI is InChI=1S/C34H42N4O4/c1-34(2)41-31-17-25(16-30(40-3)32(31)42-34)33(39)38(20-28-15-23-7-4-5-8-24(23)18-35-28)21-29-9-6-12-37(29)19-22-13-26-10-11-27(14-22)36-26/h4-5,7-8,15-18,22,26-27,29,36H,6,9-14,19-21H2,1-3H3/t22-,26-,27+,29-/m0/s1. The summed E-state index contributed by atoms with van der Waals surface area (Å²) in [6.45, 7) is 7.04. The summed E-state index contributed by atoms with van der Waals surface area (Å²) in [7, 11) is 1.60. The van der Waals surface area contributed by atoms with Crippen LogP contribution < -0.4 is 19.5 Å². The van der Waals surface area contributed by atoms with E-state index in [4.69, 9.17) is 19.2 Å². The van der Waals surface area contributed by atoms with Crippen molar-refractivity contribution in [1.82, 2.24) is 20.1 Å². The normalized spacial score (nSPS) is 26.1. The molecule has 8 nitrogen and oxygen atoms in total. The van der Waals surface area contributed by atoms with Gasteiger partial charge in [-0.15, -0.1) is 0 Å². The number of nitrogens with zero attached hydrogens (tertiary/aromatic N) is 3. The summed E-state index contributed by atoms with van der Waals surface area (Å²) in [5, 5.41) is 6.01. The minimum absolute atomic E-state index is 0.0499. The SMILES string of the molecule is COc1cc(C(=O)N(Cc2cc3ccccc3cn2)C[C@@H]2CCCN2C[C@@H]2C[C@H]3CC[C@@H](C2)N3)cc2c1OC(C)(C)O2. The van der Waals surface area contributed by atoms with Crippen molar-refractivity contribution in [3.05, 3.63) is 59.9 Å². The number of carbonyl (C=O) groups is 1. The fraction of sp³-hybridized carbons (Fsp3) is 0.529. The zero-order valence-corrected chi connectivity index (χ0v) is 25.0. The average Bonchev–Trinajstić information content (AvgIpc) is 3.66. The number of amides is 1. The Morgan fingerprint density at radius 3 is 2.67 bits per heavy atom. The topological polar surface area (TPSA) is 76.2 Å². The zero-order valence-electron chi connectivity index (χ0n) is 25.0. The summed E-state index contributed by atoms with van der Waals surface area (Å²) in [6.07, 6.45) is 9.38. The zero-order chi connectivity index (χ0) is 28.8. The van der Waals surface area contributed by atoms with Gasteiger partial charge in [0.15, 0.2) is 11.5 Å². The van der Waals surface area contributed by atoms with E-state index in [1.807, 2.05) is 37.1 Å². The third kappa shape index (κ3) is 5.54. The van der Waals surface area contributed by atoms with Crippen molar-refractivity contribution >= 4 is 16.7 Å². The van der Waals surface area contributed by atoms with Gasteiger partial charge in [-0.25, -0.2) is 0 Å². The molecule has 2 aromatic carbocycles. The van der Waals surface area contributed by atoms with E-state index in [-0.39, 0.29) is 5.91 Å². The number of pyridine rings is 1. The number of fused-ring (bicyclic) bond motifs is 4. The predicted molar refractivity (Wildman–Crippen MR) is 162 cm³/mol. The van der Waals surface area contributed by atoms with Crippen LogP contribution in [-0.2, 0) is 6.54 Å². The second-order valence-electron chi connectivity index (χ2n) is 13.1. The van der Waals surface area contributed by atoms with Crippen molar-refractivity contribution in [3.63, 3.8) is 0 Å². The lowest BCUT2D eigenvalue weighted by atomic mass is 9.92. The number of benzene rings is 2. The van der Waals surface area contributed by atoms with Gasteiger partial charge in [-0.3, -0.25) is 14.7 Å². The molecule has 0 spiro atoms. The minimum Gasteiger partial charge on any atom is -0.493 e. The molecular weight excluding hydrogens is 528 g/mol. The van der Waals surface area contributed by atoms with Crippen LogP contribution in [0.1, 0.15) is 68.4 Å². The monoisotopic (exact) mass is 570 g/mol. The molecular formula is C34H42N4O4. The number of piperidine rings is 1. The number of methoxy groups -OCH3 is 1. The molecule has 42 heavy (non-hydrogen) atoms. The lowest BCUT2D eigenvalue weighted by molar-refractivity contribution is -0.0439. The van der Waals surface area contributed by atoms with Crippen LogP contribution >= 0.6 is 0 Å². The number of hydrogen-bond donors (Lipinski definition) is 1. The Kier molecular flexibility index (Phi) is 7.22. The Hall–Kier alpha value is -3.36. The Morgan fingerprint density at radius 1 is 1.10 bits per heavy atom. The van der Waals surface area contributed by atoms with Crippen LogP contribution in [0.5, 0.6) is 17.2 Å². The van der Waals surface area contributed by atoms with E-state index in [0.717, 1.165) is 41.9 Å². The highest BCUT2D eigenvalue weighted by molar-refractivity contribution is 5.96. The number of nitrogens with one attached hydrogen (secondary N) is 1. The number of likely N-dealkylation sites (tertiary alicyclic amines) is 1. The van der Waals surface area contributed by atoms with Gasteiger partial charge in [0.1, 0.15) is 0 Å². The van der Waals surface area contributed by atoms with Crippen LogP contribution in [0.15, 0.2) is 48.7 Å². The first-order valence-corrected chi connectivity index (χ1v) is 15.6. The van der Waals surface area contributed by atoms with Crippen molar-refractivity contribution in [3.8, 4) is 17.2 Å². The minimum atomic E-state index is -0.815. The molecule has 222 valence electrons. The van der Waals surface area contributed by atoms with Crippen LogP contribution in [0.3, 0.4) is 0 Å². The number of ether oxygens (including phenoxy) is 3. The molecule has 3 aromatic rings. The Labute approximate surface area is 248 Å². The molecule has 3 fully saturated rings. The van der Waals surface area contributed by atoms with E-state index in [1.54, 1.807) is 19.2 Å². The maximum Gasteiger partial charge on any atom is 0.254 e. The van der Waals surface area contributed by atoms with Crippen molar-refractivity contribution in [2.24, 2.45) is 5.92 Å². The molecule has 4 atom stereocenters. The first-order chi connectivity index (χ1) is 20.3. The van der Waals surface area contributed by atoms with Crippen LogP contribution in [0, 0.1) is 5.92 Å². The predicted octanol–water partition coefficient (Wildman–Crippen LogP) is 5.39. The summed E-state index contributed by atoms with van der Waals surface area (Å²) < 4.78 is 17.6. The summed E-state index contributed by atoms with van der Waals surface area (Å²) in [4.78, 5) is 23.7. The summed E-state index contributed by atoms with van der Waals surface area (Å²) >= 11 is 0.